The van der Waals surface area contributed by atoms with Gasteiger partial charge in [-0.25, -0.2) is 9.59 Å². The van der Waals surface area contributed by atoms with E-state index in [4.69, 9.17) is 18.9 Å². The molecule has 0 fully saturated rings. The Morgan fingerprint density at radius 3 is 1.66 bits per heavy atom. The molecule has 0 spiro atoms. The van der Waals surface area contributed by atoms with Crippen LogP contribution in [0.5, 0.6) is 11.5 Å². The zero-order valence-electron chi connectivity index (χ0n) is 19.3. The summed E-state index contributed by atoms with van der Waals surface area (Å²) in [7, 11) is 0. The fraction of sp³-hybridized carbons (Fsp3) is 0.385. The van der Waals surface area contributed by atoms with E-state index in [1.807, 2.05) is 36.4 Å². The molecule has 3 rings (SSSR count). The number of carbonyl (C=O) groups excluding carboxylic acids is 2. The molecule has 0 radical (unpaired) electrons. The highest BCUT2D eigenvalue weighted by Gasteiger charge is 2.21. The van der Waals surface area contributed by atoms with Gasteiger partial charge in [-0.1, -0.05) is 57.2 Å². The van der Waals surface area contributed by atoms with E-state index in [-0.39, 0.29) is 18.6 Å². The van der Waals surface area contributed by atoms with Gasteiger partial charge in [-0.15, -0.1) is 0 Å². The minimum Gasteiger partial charge on any atom is -0.481 e. The maximum absolute atomic E-state index is 12.0. The Labute approximate surface area is 188 Å². The highest BCUT2D eigenvalue weighted by molar-refractivity contribution is 6.11. The first kappa shape index (κ1) is 23.4. The molecule has 0 saturated carbocycles. The van der Waals surface area contributed by atoms with Crippen molar-refractivity contribution in [2.45, 2.75) is 40.0 Å². The molecule has 0 bridgehead atoms. The quantitative estimate of drug-likeness (QED) is 0.357. The number of hydrogen-bond donors (Lipinski definition) is 0. The van der Waals surface area contributed by atoms with Crippen LogP contribution in [0.2, 0.25) is 0 Å². The Morgan fingerprint density at radius 1 is 0.719 bits per heavy atom. The van der Waals surface area contributed by atoms with Crippen LogP contribution in [-0.4, -0.2) is 38.4 Å². The van der Waals surface area contributed by atoms with Crippen LogP contribution in [0.25, 0.3) is 21.5 Å². The lowest BCUT2D eigenvalue weighted by Crippen LogP contribution is -2.16. The molecular weight excluding hydrogens is 408 g/mol. The summed E-state index contributed by atoms with van der Waals surface area (Å²) in [6.07, 6.45) is 0. The summed E-state index contributed by atoms with van der Waals surface area (Å²) in [6.45, 7) is 10.1. The third-order valence-electron chi connectivity index (χ3n) is 5.07. The van der Waals surface area contributed by atoms with E-state index >= 15 is 0 Å². The predicted octanol–water partition coefficient (Wildman–Crippen LogP) is 5.17. The van der Waals surface area contributed by atoms with Gasteiger partial charge in [0.25, 0.3) is 0 Å². The van der Waals surface area contributed by atoms with Gasteiger partial charge in [0.2, 0.25) is 0 Å². The summed E-state index contributed by atoms with van der Waals surface area (Å²) in [6, 6.07) is 13.7. The second-order valence-electron chi connectivity index (χ2n) is 8.40. The van der Waals surface area contributed by atoms with Crippen molar-refractivity contribution in [1.29, 1.82) is 0 Å². The minimum absolute atomic E-state index is 0.0931. The Balaban J connectivity index is 2.21. The van der Waals surface area contributed by atoms with Crippen LogP contribution < -0.4 is 9.47 Å². The van der Waals surface area contributed by atoms with Crippen LogP contribution in [-0.2, 0) is 24.5 Å². The maximum atomic E-state index is 12.0. The van der Waals surface area contributed by atoms with Gasteiger partial charge < -0.3 is 18.9 Å². The van der Waals surface area contributed by atoms with Crippen LogP contribution in [0.3, 0.4) is 0 Å². The van der Waals surface area contributed by atoms with Gasteiger partial charge in [0.1, 0.15) is 11.5 Å². The van der Waals surface area contributed by atoms with E-state index < -0.39 is 11.9 Å². The molecule has 0 N–H and O–H groups in total. The molecule has 0 heterocycles. The van der Waals surface area contributed by atoms with Crippen molar-refractivity contribution in [1.82, 2.24) is 0 Å². The Kier molecular flexibility index (Phi) is 7.23. The van der Waals surface area contributed by atoms with Crippen molar-refractivity contribution in [2.75, 3.05) is 26.4 Å². The zero-order valence-corrected chi connectivity index (χ0v) is 19.3. The third-order valence-corrected chi connectivity index (χ3v) is 5.07. The molecule has 3 aromatic rings. The number of hydrogen-bond acceptors (Lipinski definition) is 6. The van der Waals surface area contributed by atoms with E-state index in [2.05, 4.69) is 26.8 Å². The highest BCUT2D eigenvalue weighted by atomic mass is 16.6. The summed E-state index contributed by atoms with van der Waals surface area (Å²) >= 11 is 0. The average molecular weight is 439 g/mol. The van der Waals surface area contributed by atoms with Crippen molar-refractivity contribution in [3.05, 3.63) is 48.0 Å². The maximum Gasteiger partial charge on any atom is 0.344 e. The second kappa shape index (κ2) is 9.90. The van der Waals surface area contributed by atoms with Gasteiger partial charge in [0.15, 0.2) is 13.2 Å². The first-order chi connectivity index (χ1) is 15.3. The van der Waals surface area contributed by atoms with E-state index in [0.717, 1.165) is 27.1 Å². The Hall–Kier alpha value is -3.28. The van der Waals surface area contributed by atoms with E-state index in [1.54, 1.807) is 13.8 Å². The molecule has 0 aromatic heterocycles. The fourth-order valence-electron chi connectivity index (χ4n) is 3.54. The second-order valence-corrected chi connectivity index (χ2v) is 8.40. The summed E-state index contributed by atoms with van der Waals surface area (Å²) in [5.74, 6) is 0.295. The van der Waals surface area contributed by atoms with Crippen LogP contribution >= 0.6 is 0 Å². The van der Waals surface area contributed by atoms with Crippen molar-refractivity contribution in [3.8, 4) is 11.5 Å². The minimum atomic E-state index is -0.432. The van der Waals surface area contributed by atoms with Crippen LogP contribution in [0.15, 0.2) is 42.5 Å². The molecule has 3 aromatic carbocycles. The molecule has 0 aliphatic heterocycles. The number of ether oxygens (including phenoxy) is 4. The summed E-state index contributed by atoms with van der Waals surface area (Å²) in [4.78, 5) is 24.0. The molecular formula is C26H30O6. The van der Waals surface area contributed by atoms with Gasteiger partial charge in [0.05, 0.1) is 13.2 Å². The number of benzene rings is 3. The first-order valence-corrected chi connectivity index (χ1v) is 10.8. The zero-order chi connectivity index (χ0) is 23.3. The highest BCUT2D eigenvalue weighted by Crippen LogP contribution is 2.44. The topological polar surface area (TPSA) is 71.1 Å². The Morgan fingerprint density at radius 2 is 1.19 bits per heavy atom. The standard InChI is InChI=1S/C26H30O6/c1-6-29-22(27)15-31-24-18-10-8-9-11-19(18)25(32-16-23(28)30-7-2)21-14-17(26(3,4)5)12-13-20(21)24/h8-14H,6-7,15-16H2,1-5H3. The summed E-state index contributed by atoms with van der Waals surface area (Å²) in [5, 5.41) is 3.17. The molecule has 6 heteroatoms. The lowest BCUT2D eigenvalue weighted by Gasteiger charge is -2.22. The van der Waals surface area contributed by atoms with Gasteiger partial charge in [-0.2, -0.15) is 0 Å². The lowest BCUT2D eigenvalue weighted by atomic mass is 9.85. The monoisotopic (exact) mass is 438 g/mol. The molecule has 0 atom stereocenters. The van der Waals surface area contributed by atoms with Crippen molar-refractivity contribution < 1.29 is 28.5 Å². The molecule has 0 saturated heterocycles. The number of fused-ring (bicyclic) bond motifs is 2. The average Bonchev–Trinajstić information content (AvgIpc) is 2.75. The van der Waals surface area contributed by atoms with Crippen LogP contribution in [0.4, 0.5) is 0 Å². The molecule has 0 unspecified atom stereocenters. The smallest absolute Gasteiger partial charge is 0.344 e. The summed E-state index contributed by atoms with van der Waals surface area (Å²) < 4.78 is 22.0. The van der Waals surface area contributed by atoms with Gasteiger partial charge in [0, 0.05) is 21.5 Å². The molecule has 0 aliphatic rings. The van der Waals surface area contributed by atoms with E-state index in [0.29, 0.717) is 24.7 Å². The van der Waals surface area contributed by atoms with Crippen molar-refractivity contribution in [3.63, 3.8) is 0 Å². The van der Waals surface area contributed by atoms with Crippen LogP contribution in [0.1, 0.15) is 40.2 Å². The number of carbonyl (C=O) groups is 2. The molecule has 0 amide bonds. The third kappa shape index (κ3) is 5.13. The number of rotatable bonds is 8. The lowest BCUT2D eigenvalue weighted by molar-refractivity contribution is -0.146. The predicted molar refractivity (Wildman–Crippen MR) is 124 cm³/mol. The first-order valence-electron chi connectivity index (χ1n) is 10.8. The molecule has 6 nitrogen and oxygen atoms in total. The summed E-state index contributed by atoms with van der Waals surface area (Å²) in [5.41, 5.74) is 1.02. The number of esters is 2. The van der Waals surface area contributed by atoms with Gasteiger partial charge >= 0.3 is 11.9 Å². The van der Waals surface area contributed by atoms with E-state index in [9.17, 15) is 9.59 Å². The molecule has 170 valence electrons. The Bertz CT molecular complexity index is 1130. The van der Waals surface area contributed by atoms with Gasteiger partial charge in [-0.05, 0) is 30.9 Å². The van der Waals surface area contributed by atoms with Gasteiger partial charge in [-0.3, -0.25) is 0 Å². The largest absolute Gasteiger partial charge is 0.481 e. The van der Waals surface area contributed by atoms with Crippen molar-refractivity contribution in [2.24, 2.45) is 0 Å². The fourth-order valence-corrected chi connectivity index (χ4v) is 3.54. The SMILES string of the molecule is CCOC(=O)COc1c2ccccc2c(OCC(=O)OCC)c2cc(C(C)(C)C)ccc12. The normalized spacial score (nSPS) is 11.4. The van der Waals surface area contributed by atoms with Crippen molar-refractivity contribution >= 4 is 33.5 Å². The molecule has 32 heavy (non-hydrogen) atoms. The van der Waals surface area contributed by atoms with Crippen LogP contribution in [0, 0.1) is 0 Å². The van der Waals surface area contributed by atoms with E-state index in [1.165, 1.54) is 0 Å². The molecule has 0 aliphatic carbocycles.